The second kappa shape index (κ2) is 7.78. The lowest BCUT2D eigenvalue weighted by Gasteiger charge is -2.22. The Balaban J connectivity index is 2.30. The molecule has 0 aliphatic heterocycles. The molecule has 0 bridgehead atoms. The van der Waals surface area contributed by atoms with Gasteiger partial charge in [0.2, 0.25) is 0 Å². The monoisotopic (exact) mass is 362 g/mol. The van der Waals surface area contributed by atoms with Gasteiger partial charge in [0, 0.05) is 18.8 Å². The van der Waals surface area contributed by atoms with Gasteiger partial charge in [-0.3, -0.25) is 4.72 Å². The minimum Gasteiger partial charge on any atom is -0.496 e. The van der Waals surface area contributed by atoms with E-state index in [1.54, 1.807) is 25.3 Å². The molecule has 136 valence electrons. The fourth-order valence-corrected chi connectivity index (χ4v) is 3.99. The maximum Gasteiger partial charge on any atom is 0.261 e. The Kier molecular flexibility index (Phi) is 5.95. The van der Waals surface area contributed by atoms with Crippen LogP contribution in [0.2, 0.25) is 0 Å². The summed E-state index contributed by atoms with van der Waals surface area (Å²) in [5, 5.41) is 0. The molecular formula is C19H26N2O3S. The lowest BCUT2D eigenvalue weighted by Crippen LogP contribution is -2.22. The second-order valence-corrected chi connectivity index (χ2v) is 7.59. The molecule has 0 aliphatic rings. The van der Waals surface area contributed by atoms with E-state index in [9.17, 15) is 8.42 Å². The van der Waals surface area contributed by atoms with Crippen molar-refractivity contribution < 1.29 is 13.2 Å². The zero-order valence-electron chi connectivity index (χ0n) is 15.5. The first-order valence-electron chi connectivity index (χ1n) is 8.35. The average molecular weight is 362 g/mol. The molecule has 2 aromatic rings. The molecule has 2 rings (SSSR count). The summed E-state index contributed by atoms with van der Waals surface area (Å²) in [6.07, 6.45) is 0. The van der Waals surface area contributed by atoms with Crippen molar-refractivity contribution in [2.45, 2.75) is 32.6 Å². The first kappa shape index (κ1) is 19.1. The van der Waals surface area contributed by atoms with Crippen LogP contribution in [0.25, 0.3) is 0 Å². The van der Waals surface area contributed by atoms with Crippen LogP contribution in [0, 0.1) is 13.8 Å². The van der Waals surface area contributed by atoms with Crippen LogP contribution in [0.4, 0.5) is 11.4 Å². The van der Waals surface area contributed by atoms with Crippen LogP contribution in [0.3, 0.4) is 0 Å². The van der Waals surface area contributed by atoms with Gasteiger partial charge in [-0.05, 0) is 75.2 Å². The topological polar surface area (TPSA) is 58.6 Å². The van der Waals surface area contributed by atoms with E-state index in [1.807, 2.05) is 32.0 Å². The maximum absolute atomic E-state index is 12.7. The normalized spacial score (nSPS) is 11.2. The molecule has 0 saturated carbocycles. The van der Waals surface area contributed by atoms with Crippen LogP contribution in [-0.2, 0) is 10.0 Å². The summed E-state index contributed by atoms with van der Waals surface area (Å²) < 4.78 is 33.2. The largest absolute Gasteiger partial charge is 0.496 e. The minimum absolute atomic E-state index is 0.220. The maximum atomic E-state index is 12.7. The molecule has 0 unspecified atom stereocenters. The van der Waals surface area contributed by atoms with Crippen LogP contribution < -0.4 is 14.4 Å². The highest BCUT2D eigenvalue weighted by Gasteiger charge is 2.17. The van der Waals surface area contributed by atoms with Gasteiger partial charge in [0.25, 0.3) is 10.0 Å². The SMILES string of the molecule is CCN(CC)c1ccc(NS(=O)(=O)c2ccc(OC)c(C)c2)c(C)c1. The molecule has 0 amide bonds. The molecule has 0 heterocycles. The Hall–Kier alpha value is -2.21. The van der Waals surface area contributed by atoms with Gasteiger partial charge < -0.3 is 9.64 Å². The third-order valence-corrected chi connectivity index (χ3v) is 5.62. The van der Waals surface area contributed by atoms with Gasteiger partial charge in [-0.1, -0.05) is 0 Å². The van der Waals surface area contributed by atoms with Gasteiger partial charge in [0.15, 0.2) is 0 Å². The number of sulfonamides is 1. The van der Waals surface area contributed by atoms with Crippen molar-refractivity contribution >= 4 is 21.4 Å². The van der Waals surface area contributed by atoms with Crippen LogP contribution in [0.1, 0.15) is 25.0 Å². The number of benzene rings is 2. The summed E-state index contributed by atoms with van der Waals surface area (Å²) in [6.45, 7) is 9.74. The fraction of sp³-hybridized carbons (Fsp3) is 0.368. The number of methoxy groups -OCH3 is 1. The van der Waals surface area contributed by atoms with Crippen molar-refractivity contribution in [3.63, 3.8) is 0 Å². The second-order valence-electron chi connectivity index (χ2n) is 5.91. The van der Waals surface area contributed by atoms with Gasteiger partial charge >= 0.3 is 0 Å². The number of rotatable bonds is 7. The number of ether oxygens (including phenoxy) is 1. The van der Waals surface area contributed by atoms with E-state index in [0.717, 1.165) is 29.9 Å². The lowest BCUT2D eigenvalue weighted by atomic mass is 10.1. The molecule has 5 nitrogen and oxygen atoms in total. The summed E-state index contributed by atoms with van der Waals surface area (Å²) in [4.78, 5) is 2.44. The Bertz CT molecular complexity index is 844. The van der Waals surface area contributed by atoms with Crippen molar-refractivity contribution in [2.75, 3.05) is 29.8 Å². The Morgan fingerprint density at radius 2 is 1.68 bits per heavy atom. The zero-order chi connectivity index (χ0) is 18.6. The molecule has 0 atom stereocenters. The number of hydrogen-bond donors (Lipinski definition) is 1. The molecular weight excluding hydrogens is 336 g/mol. The first-order valence-corrected chi connectivity index (χ1v) is 9.83. The number of nitrogens with one attached hydrogen (secondary N) is 1. The van der Waals surface area contributed by atoms with Crippen LogP contribution in [0.5, 0.6) is 5.75 Å². The summed E-state index contributed by atoms with van der Waals surface area (Å²) in [7, 11) is -2.08. The van der Waals surface area contributed by atoms with E-state index < -0.39 is 10.0 Å². The number of anilines is 2. The van der Waals surface area contributed by atoms with Gasteiger partial charge in [0.1, 0.15) is 5.75 Å². The highest BCUT2D eigenvalue weighted by molar-refractivity contribution is 7.92. The molecule has 6 heteroatoms. The van der Waals surface area contributed by atoms with Gasteiger partial charge in [-0.2, -0.15) is 0 Å². The summed E-state index contributed by atoms with van der Waals surface area (Å²) in [5.74, 6) is 0.665. The smallest absolute Gasteiger partial charge is 0.261 e. The van der Waals surface area contributed by atoms with E-state index in [0.29, 0.717) is 11.4 Å². The van der Waals surface area contributed by atoms with Crippen LogP contribution in [-0.4, -0.2) is 28.6 Å². The number of hydrogen-bond acceptors (Lipinski definition) is 4. The average Bonchev–Trinajstić information content (AvgIpc) is 2.58. The highest BCUT2D eigenvalue weighted by Crippen LogP contribution is 2.27. The third kappa shape index (κ3) is 4.25. The van der Waals surface area contributed by atoms with Crippen LogP contribution in [0.15, 0.2) is 41.3 Å². The van der Waals surface area contributed by atoms with Gasteiger partial charge in [-0.15, -0.1) is 0 Å². The van der Waals surface area contributed by atoms with Crippen LogP contribution >= 0.6 is 0 Å². The first-order chi connectivity index (χ1) is 11.8. The van der Waals surface area contributed by atoms with Gasteiger partial charge in [0.05, 0.1) is 17.7 Å². The van der Waals surface area contributed by atoms with E-state index in [4.69, 9.17) is 4.74 Å². The van der Waals surface area contributed by atoms with Crippen molar-refractivity contribution in [3.8, 4) is 5.75 Å². The molecule has 0 saturated heterocycles. The Labute approximate surface area is 150 Å². The Morgan fingerprint density at radius 3 is 2.20 bits per heavy atom. The summed E-state index contributed by atoms with van der Waals surface area (Å²) >= 11 is 0. The predicted molar refractivity (Wildman–Crippen MR) is 103 cm³/mol. The molecule has 2 aromatic carbocycles. The van der Waals surface area contributed by atoms with Crippen molar-refractivity contribution in [2.24, 2.45) is 0 Å². The minimum atomic E-state index is -3.65. The standard InChI is InChI=1S/C19H26N2O3S/c1-6-21(7-2)16-8-10-18(14(3)12-16)20-25(22,23)17-9-11-19(24-5)15(4)13-17/h8-13,20H,6-7H2,1-5H3. The highest BCUT2D eigenvalue weighted by atomic mass is 32.2. The van der Waals surface area contributed by atoms with E-state index in [2.05, 4.69) is 23.5 Å². The molecule has 0 aromatic heterocycles. The third-order valence-electron chi connectivity index (χ3n) is 4.26. The lowest BCUT2D eigenvalue weighted by molar-refractivity contribution is 0.411. The van der Waals surface area contributed by atoms with E-state index >= 15 is 0 Å². The van der Waals surface area contributed by atoms with Crippen molar-refractivity contribution in [1.29, 1.82) is 0 Å². The quantitative estimate of drug-likeness (QED) is 0.810. The van der Waals surface area contributed by atoms with Crippen molar-refractivity contribution in [1.82, 2.24) is 0 Å². The summed E-state index contributed by atoms with van der Waals surface area (Å²) in [6, 6.07) is 10.6. The predicted octanol–water partition coefficient (Wildman–Crippen LogP) is 3.96. The molecule has 1 N–H and O–H groups in total. The molecule has 0 aliphatic carbocycles. The van der Waals surface area contributed by atoms with Gasteiger partial charge in [-0.25, -0.2) is 8.42 Å². The molecule has 0 spiro atoms. The fourth-order valence-electron chi connectivity index (χ4n) is 2.77. The summed E-state index contributed by atoms with van der Waals surface area (Å²) in [5.41, 5.74) is 3.34. The zero-order valence-corrected chi connectivity index (χ0v) is 16.3. The van der Waals surface area contributed by atoms with Crippen molar-refractivity contribution in [3.05, 3.63) is 47.5 Å². The molecule has 0 fully saturated rings. The number of aryl methyl sites for hydroxylation is 2. The molecule has 25 heavy (non-hydrogen) atoms. The Morgan fingerprint density at radius 1 is 1.00 bits per heavy atom. The van der Waals surface area contributed by atoms with E-state index in [1.165, 1.54) is 0 Å². The molecule has 0 radical (unpaired) electrons. The number of nitrogens with zero attached hydrogens (tertiary/aromatic N) is 1. The van der Waals surface area contributed by atoms with E-state index in [-0.39, 0.29) is 4.90 Å².